The molecule has 0 spiro atoms. The number of benzene rings is 2. The minimum absolute atomic E-state index is 0.0375. The van der Waals surface area contributed by atoms with E-state index >= 15 is 0 Å². The van der Waals surface area contributed by atoms with E-state index in [-0.39, 0.29) is 34.4 Å². The van der Waals surface area contributed by atoms with Gasteiger partial charge in [-0.15, -0.1) is 0 Å². The lowest BCUT2D eigenvalue weighted by Gasteiger charge is -2.70. The number of amides is 2. The van der Waals surface area contributed by atoms with Crippen molar-refractivity contribution in [2.24, 2.45) is 0 Å². The number of carbonyl (C=O) groups is 2. The third-order valence-corrected chi connectivity index (χ3v) is 6.85. The van der Waals surface area contributed by atoms with Crippen LogP contribution in [0, 0.1) is 5.82 Å². The van der Waals surface area contributed by atoms with Crippen molar-refractivity contribution < 1.29 is 23.8 Å². The molecule has 2 bridgehead atoms. The maximum atomic E-state index is 13.6. The van der Waals surface area contributed by atoms with Gasteiger partial charge < -0.3 is 20.5 Å². The fourth-order valence-electron chi connectivity index (χ4n) is 4.92. The molecule has 2 aromatic rings. The Bertz CT molecular complexity index is 1090. The number of nitrogens with one attached hydrogen (secondary N) is 2. The van der Waals surface area contributed by atoms with Crippen LogP contribution in [0.15, 0.2) is 36.4 Å². The fraction of sp³-hybridized carbons (Fsp3) is 0.364. The van der Waals surface area contributed by atoms with E-state index in [2.05, 4.69) is 10.6 Å². The fourth-order valence-corrected chi connectivity index (χ4v) is 5.22. The van der Waals surface area contributed by atoms with Gasteiger partial charge in [0.05, 0.1) is 11.1 Å². The topological polar surface area (TPSA) is 87.7 Å². The molecule has 9 heteroatoms. The molecule has 2 atom stereocenters. The van der Waals surface area contributed by atoms with Crippen molar-refractivity contribution >= 4 is 35.0 Å². The quantitative estimate of drug-likeness (QED) is 0.645. The van der Waals surface area contributed by atoms with Crippen molar-refractivity contribution in [3.63, 3.8) is 0 Å². The van der Waals surface area contributed by atoms with Crippen LogP contribution in [-0.4, -0.2) is 34.1 Å². The highest BCUT2D eigenvalue weighted by molar-refractivity contribution is 6.31. The Hall–Kier alpha value is -2.35. The zero-order valence-corrected chi connectivity index (χ0v) is 17.8. The lowest BCUT2D eigenvalue weighted by atomic mass is 9.44. The van der Waals surface area contributed by atoms with Crippen molar-refractivity contribution in [3.05, 3.63) is 63.4 Å². The number of aliphatic hydroxyl groups excluding tert-OH is 1. The number of aliphatic hydroxyl groups is 1. The average Bonchev–Trinajstić information content (AvgIpc) is 2.67. The number of ether oxygens (including phenoxy) is 1. The number of halogens is 3. The van der Waals surface area contributed by atoms with Crippen LogP contribution in [0.4, 0.5) is 4.39 Å². The average molecular weight is 465 g/mol. The largest absolute Gasteiger partial charge is 0.480 e. The summed E-state index contributed by atoms with van der Waals surface area (Å²) in [6.07, 6.45) is 0.273. The molecule has 3 saturated carbocycles. The molecule has 1 heterocycles. The van der Waals surface area contributed by atoms with Gasteiger partial charge in [-0.05, 0) is 55.7 Å². The van der Waals surface area contributed by atoms with Crippen LogP contribution in [0.25, 0.3) is 0 Å². The van der Waals surface area contributed by atoms with E-state index < -0.39 is 23.6 Å². The number of rotatable bonds is 4. The molecular formula is C22H19Cl2FN2O4. The molecule has 6 rings (SSSR count). The number of hydrogen-bond donors (Lipinski definition) is 3. The first-order chi connectivity index (χ1) is 14.7. The van der Waals surface area contributed by atoms with E-state index in [0.717, 1.165) is 6.07 Å². The first-order valence-corrected chi connectivity index (χ1v) is 10.7. The van der Waals surface area contributed by atoms with Gasteiger partial charge in [-0.3, -0.25) is 9.59 Å². The second kappa shape index (κ2) is 7.08. The second-order valence-electron chi connectivity index (χ2n) is 8.70. The summed E-state index contributed by atoms with van der Waals surface area (Å²) >= 11 is 11.6. The first-order valence-electron chi connectivity index (χ1n) is 9.91. The molecular weight excluding hydrogens is 446 g/mol. The molecule has 0 unspecified atom stereocenters. The molecule has 2 aromatic carbocycles. The van der Waals surface area contributed by atoms with Crippen molar-refractivity contribution in [1.29, 1.82) is 0 Å². The van der Waals surface area contributed by atoms with Gasteiger partial charge in [0.1, 0.15) is 11.6 Å². The Balaban J connectivity index is 1.17. The lowest BCUT2D eigenvalue weighted by molar-refractivity contribution is -0.147. The van der Waals surface area contributed by atoms with Crippen LogP contribution in [0.3, 0.4) is 0 Å². The van der Waals surface area contributed by atoms with Gasteiger partial charge in [-0.1, -0.05) is 23.2 Å². The predicted molar refractivity (Wildman–Crippen MR) is 112 cm³/mol. The molecule has 6 nitrogen and oxygen atoms in total. The Morgan fingerprint density at radius 2 is 1.77 bits per heavy atom. The Morgan fingerprint density at radius 1 is 1.06 bits per heavy atom. The van der Waals surface area contributed by atoms with Crippen molar-refractivity contribution in [3.8, 4) is 5.75 Å². The lowest BCUT2D eigenvalue weighted by Crippen LogP contribution is -2.84. The molecule has 3 fully saturated rings. The summed E-state index contributed by atoms with van der Waals surface area (Å²) in [6.45, 7) is 0. The van der Waals surface area contributed by atoms with Gasteiger partial charge in [0, 0.05) is 33.6 Å². The van der Waals surface area contributed by atoms with E-state index in [9.17, 15) is 19.1 Å². The maximum Gasteiger partial charge on any atom is 0.261 e. The van der Waals surface area contributed by atoms with Gasteiger partial charge in [0.15, 0.2) is 6.10 Å². The Kier molecular flexibility index (Phi) is 4.70. The molecule has 0 radical (unpaired) electrons. The van der Waals surface area contributed by atoms with Gasteiger partial charge in [-0.2, -0.15) is 0 Å². The highest BCUT2D eigenvalue weighted by atomic mass is 35.5. The minimum atomic E-state index is -0.836. The van der Waals surface area contributed by atoms with E-state index in [0.29, 0.717) is 35.6 Å². The molecule has 31 heavy (non-hydrogen) atoms. The number of carbonyl (C=O) groups excluding carboxylic acids is 2. The second-order valence-corrected chi connectivity index (χ2v) is 9.55. The maximum absolute atomic E-state index is 13.6. The highest BCUT2D eigenvalue weighted by Crippen LogP contribution is 2.60. The molecule has 0 saturated heterocycles. The standard InChI is InChI=1S/C22H19Cl2FN2O4/c23-12-2-4-17-13(6-12)16(28)7-18(31-17)20(30)27-22-8-21(9-22,10-22)26-19(29)11-1-3-14(24)15(25)5-11/h1-6,16,18,28H,7-10H2,(H,26,29)(H,27,30)/t16-,18-,21?,22?/m1/s1. The number of fused-ring (bicyclic) bond motifs is 1. The summed E-state index contributed by atoms with van der Waals surface area (Å²) in [6, 6.07) is 8.85. The predicted octanol–water partition coefficient (Wildman–Crippen LogP) is 3.54. The van der Waals surface area contributed by atoms with E-state index in [1.165, 1.54) is 12.1 Å². The SMILES string of the molecule is O=C(NC12CC(NC(=O)[C@H]3C[C@@H](O)c4cc(Cl)ccc4O3)(C1)C2)c1ccc(Cl)c(F)c1. The summed E-state index contributed by atoms with van der Waals surface area (Å²) in [4.78, 5) is 25.2. The first kappa shape index (κ1) is 20.5. The van der Waals surface area contributed by atoms with Crippen LogP contribution >= 0.6 is 23.2 Å². The molecule has 0 aromatic heterocycles. The Labute approximate surface area is 187 Å². The zero-order valence-electron chi connectivity index (χ0n) is 16.3. The molecule has 4 aliphatic rings. The van der Waals surface area contributed by atoms with Crippen LogP contribution in [0.2, 0.25) is 10.0 Å². The Morgan fingerprint density at radius 3 is 2.48 bits per heavy atom. The third-order valence-electron chi connectivity index (χ3n) is 6.31. The van der Waals surface area contributed by atoms with E-state index in [4.69, 9.17) is 27.9 Å². The molecule has 3 N–H and O–H groups in total. The monoisotopic (exact) mass is 464 g/mol. The van der Waals surface area contributed by atoms with Crippen LogP contribution in [-0.2, 0) is 4.79 Å². The summed E-state index contributed by atoms with van der Waals surface area (Å²) in [7, 11) is 0. The van der Waals surface area contributed by atoms with Gasteiger partial charge in [0.25, 0.3) is 11.8 Å². The zero-order chi connectivity index (χ0) is 22.0. The third kappa shape index (κ3) is 3.54. The normalized spacial score (nSPS) is 30.2. The minimum Gasteiger partial charge on any atom is -0.480 e. The number of hydrogen-bond acceptors (Lipinski definition) is 4. The van der Waals surface area contributed by atoms with Crippen molar-refractivity contribution in [1.82, 2.24) is 10.6 Å². The van der Waals surface area contributed by atoms with Gasteiger partial charge in [-0.25, -0.2) is 4.39 Å². The van der Waals surface area contributed by atoms with E-state index in [1.807, 2.05) is 0 Å². The summed E-state index contributed by atoms with van der Waals surface area (Å²) in [5.74, 6) is -0.864. The summed E-state index contributed by atoms with van der Waals surface area (Å²) < 4.78 is 19.4. The van der Waals surface area contributed by atoms with Crippen molar-refractivity contribution in [2.75, 3.05) is 0 Å². The van der Waals surface area contributed by atoms with Crippen LogP contribution in [0.1, 0.15) is 47.7 Å². The van der Waals surface area contributed by atoms with E-state index in [1.54, 1.807) is 18.2 Å². The van der Waals surface area contributed by atoms with Gasteiger partial charge >= 0.3 is 0 Å². The summed E-state index contributed by atoms with van der Waals surface area (Å²) in [5, 5.41) is 16.8. The molecule has 1 aliphatic heterocycles. The van der Waals surface area contributed by atoms with Crippen LogP contribution < -0.4 is 15.4 Å². The molecule has 162 valence electrons. The summed E-state index contributed by atoms with van der Waals surface area (Å²) in [5.41, 5.74) is -0.00328. The van der Waals surface area contributed by atoms with Crippen molar-refractivity contribution in [2.45, 2.75) is 49.0 Å². The molecule has 2 amide bonds. The highest BCUT2D eigenvalue weighted by Gasteiger charge is 2.69. The molecule has 3 aliphatic carbocycles. The smallest absolute Gasteiger partial charge is 0.261 e. The van der Waals surface area contributed by atoms with Gasteiger partial charge in [0.2, 0.25) is 0 Å². The van der Waals surface area contributed by atoms with Crippen LogP contribution in [0.5, 0.6) is 5.75 Å².